The number of ether oxygens (including phenoxy) is 2. The van der Waals surface area contributed by atoms with Crippen LogP contribution in [-0.4, -0.2) is 23.5 Å². The van der Waals surface area contributed by atoms with Gasteiger partial charge in [-0.15, -0.1) is 0 Å². The number of anilines is 1. The SMILES string of the molecule is CCOC(=O)c1ccc(NC(=O)/C(C#N)=C/c2ccc(OCc3ccncc3)cc2)cc1. The molecule has 0 saturated heterocycles. The molecule has 0 unspecified atom stereocenters. The molecule has 3 rings (SSSR count). The summed E-state index contributed by atoms with van der Waals surface area (Å²) < 4.78 is 10.6. The summed E-state index contributed by atoms with van der Waals surface area (Å²) >= 11 is 0. The van der Waals surface area contributed by atoms with Crippen LogP contribution in [0.3, 0.4) is 0 Å². The van der Waals surface area contributed by atoms with Gasteiger partial charge in [-0.25, -0.2) is 4.79 Å². The fourth-order valence-electron chi connectivity index (χ4n) is 2.72. The molecule has 0 radical (unpaired) electrons. The summed E-state index contributed by atoms with van der Waals surface area (Å²) in [4.78, 5) is 28.1. The van der Waals surface area contributed by atoms with Gasteiger partial charge in [0.1, 0.15) is 24.0 Å². The molecule has 160 valence electrons. The molecule has 0 aliphatic carbocycles. The Morgan fingerprint density at radius 3 is 2.34 bits per heavy atom. The maximum Gasteiger partial charge on any atom is 0.338 e. The number of pyridine rings is 1. The zero-order valence-corrected chi connectivity index (χ0v) is 17.4. The maximum atomic E-state index is 12.5. The molecule has 1 amide bonds. The van der Waals surface area contributed by atoms with E-state index >= 15 is 0 Å². The van der Waals surface area contributed by atoms with E-state index in [9.17, 15) is 14.9 Å². The minimum atomic E-state index is -0.547. The summed E-state index contributed by atoms with van der Waals surface area (Å²) in [7, 11) is 0. The second kappa shape index (κ2) is 11.1. The van der Waals surface area contributed by atoms with Crippen molar-refractivity contribution in [3.63, 3.8) is 0 Å². The quantitative estimate of drug-likeness (QED) is 0.325. The molecule has 0 bridgehead atoms. The molecule has 0 saturated carbocycles. The van der Waals surface area contributed by atoms with E-state index in [-0.39, 0.29) is 12.2 Å². The second-order valence-electron chi connectivity index (χ2n) is 6.63. The van der Waals surface area contributed by atoms with Crippen LogP contribution in [-0.2, 0) is 16.1 Å². The van der Waals surface area contributed by atoms with E-state index in [1.807, 2.05) is 18.2 Å². The molecule has 0 aliphatic heterocycles. The van der Waals surface area contributed by atoms with E-state index < -0.39 is 11.9 Å². The lowest BCUT2D eigenvalue weighted by Gasteiger charge is -2.07. The van der Waals surface area contributed by atoms with E-state index in [0.717, 1.165) is 5.56 Å². The van der Waals surface area contributed by atoms with E-state index in [1.165, 1.54) is 6.08 Å². The van der Waals surface area contributed by atoms with Crippen molar-refractivity contribution < 1.29 is 19.1 Å². The highest BCUT2D eigenvalue weighted by Crippen LogP contribution is 2.17. The average Bonchev–Trinajstić information content (AvgIpc) is 2.83. The Kier molecular flexibility index (Phi) is 7.71. The van der Waals surface area contributed by atoms with Crippen molar-refractivity contribution in [2.75, 3.05) is 11.9 Å². The third-order valence-corrected chi connectivity index (χ3v) is 4.36. The normalized spacial score (nSPS) is 10.7. The highest BCUT2D eigenvalue weighted by atomic mass is 16.5. The number of rotatable bonds is 8. The Balaban J connectivity index is 1.61. The number of nitrogens with zero attached hydrogens (tertiary/aromatic N) is 2. The lowest BCUT2D eigenvalue weighted by atomic mass is 10.1. The van der Waals surface area contributed by atoms with Crippen LogP contribution in [0, 0.1) is 11.3 Å². The number of carbonyl (C=O) groups excluding carboxylic acids is 2. The van der Waals surface area contributed by atoms with Crippen molar-refractivity contribution in [2.24, 2.45) is 0 Å². The van der Waals surface area contributed by atoms with E-state index in [2.05, 4.69) is 10.3 Å². The van der Waals surface area contributed by atoms with Crippen molar-refractivity contribution >= 4 is 23.6 Å². The largest absolute Gasteiger partial charge is 0.489 e. The molecule has 0 atom stereocenters. The van der Waals surface area contributed by atoms with Gasteiger partial charge >= 0.3 is 5.97 Å². The fourth-order valence-corrected chi connectivity index (χ4v) is 2.72. The first-order valence-electron chi connectivity index (χ1n) is 9.91. The molecule has 2 aromatic carbocycles. The first kappa shape index (κ1) is 22.2. The number of benzene rings is 2. The van der Waals surface area contributed by atoms with Crippen LogP contribution in [0.1, 0.15) is 28.4 Å². The van der Waals surface area contributed by atoms with Gasteiger partial charge in [0, 0.05) is 18.1 Å². The Hall–Kier alpha value is -4.44. The molecule has 0 fully saturated rings. The van der Waals surface area contributed by atoms with Crippen LogP contribution < -0.4 is 10.1 Å². The predicted octanol–water partition coefficient (Wildman–Crippen LogP) is 4.38. The smallest absolute Gasteiger partial charge is 0.338 e. The van der Waals surface area contributed by atoms with Crippen LogP contribution >= 0.6 is 0 Å². The summed E-state index contributed by atoms with van der Waals surface area (Å²) in [5.41, 5.74) is 2.48. The van der Waals surface area contributed by atoms with Crippen LogP contribution in [0.15, 0.2) is 78.6 Å². The van der Waals surface area contributed by atoms with Crippen molar-refractivity contribution in [2.45, 2.75) is 13.5 Å². The second-order valence-corrected chi connectivity index (χ2v) is 6.63. The minimum absolute atomic E-state index is 0.0510. The molecule has 7 heteroatoms. The van der Waals surface area contributed by atoms with Gasteiger partial charge < -0.3 is 14.8 Å². The molecule has 1 N–H and O–H groups in total. The molecule has 0 aliphatic rings. The highest BCUT2D eigenvalue weighted by molar-refractivity contribution is 6.09. The molecular formula is C25H21N3O4. The number of nitrogens with one attached hydrogen (secondary N) is 1. The number of aromatic nitrogens is 1. The molecule has 0 spiro atoms. The Bertz CT molecular complexity index is 1130. The number of hydrogen-bond donors (Lipinski definition) is 1. The summed E-state index contributed by atoms with van der Waals surface area (Å²) in [6, 6.07) is 19.0. The Labute approximate surface area is 185 Å². The Morgan fingerprint density at radius 2 is 1.72 bits per heavy atom. The van der Waals surface area contributed by atoms with Crippen molar-refractivity contribution in [1.82, 2.24) is 4.98 Å². The number of hydrogen-bond acceptors (Lipinski definition) is 6. The van der Waals surface area contributed by atoms with E-state index in [1.54, 1.807) is 67.8 Å². The summed E-state index contributed by atoms with van der Waals surface area (Å²) in [5, 5.41) is 12.1. The highest BCUT2D eigenvalue weighted by Gasteiger charge is 2.11. The van der Waals surface area contributed by atoms with E-state index in [0.29, 0.717) is 29.2 Å². The number of carbonyl (C=O) groups is 2. The standard InChI is InChI=1S/C25H21N3O4/c1-2-31-25(30)20-5-7-22(8-6-20)28-24(29)21(16-26)15-18-3-9-23(10-4-18)32-17-19-11-13-27-14-12-19/h3-15H,2,17H2,1H3,(H,28,29)/b21-15+. The molecule has 1 aromatic heterocycles. The van der Waals surface area contributed by atoms with Gasteiger partial charge in [-0.05, 0) is 72.7 Å². The monoisotopic (exact) mass is 427 g/mol. The summed E-state index contributed by atoms with van der Waals surface area (Å²) in [6.45, 7) is 2.43. The first-order chi connectivity index (χ1) is 15.6. The average molecular weight is 427 g/mol. The number of esters is 1. The lowest BCUT2D eigenvalue weighted by molar-refractivity contribution is -0.112. The first-order valence-corrected chi connectivity index (χ1v) is 9.91. The van der Waals surface area contributed by atoms with Crippen LogP contribution in [0.5, 0.6) is 5.75 Å². The molecule has 7 nitrogen and oxygen atoms in total. The topological polar surface area (TPSA) is 101 Å². The third-order valence-electron chi connectivity index (χ3n) is 4.36. The predicted molar refractivity (Wildman–Crippen MR) is 120 cm³/mol. The van der Waals surface area contributed by atoms with Gasteiger partial charge in [-0.2, -0.15) is 5.26 Å². The molecule has 32 heavy (non-hydrogen) atoms. The number of amides is 1. The zero-order chi connectivity index (χ0) is 22.8. The number of nitriles is 1. The zero-order valence-electron chi connectivity index (χ0n) is 17.4. The molecular weight excluding hydrogens is 406 g/mol. The van der Waals surface area contributed by atoms with Gasteiger partial charge in [0.15, 0.2) is 0 Å². The van der Waals surface area contributed by atoms with Gasteiger partial charge in [0.2, 0.25) is 0 Å². The van der Waals surface area contributed by atoms with Crippen molar-refractivity contribution in [3.8, 4) is 11.8 Å². The van der Waals surface area contributed by atoms with Gasteiger partial charge in [0.05, 0.1) is 12.2 Å². The van der Waals surface area contributed by atoms with E-state index in [4.69, 9.17) is 9.47 Å². The van der Waals surface area contributed by atoms with Gasteiger partial charge in [-0.1, -0.05) is 12.1 Å². The van der Waals surface area contributed by atoms with Gasteiger partial charge in [0.25, 0.3) is 5.91 Å². The fraction of sp³-hybridized carbons (Fsp3) is 0.120. The summed E-state index contributed by atoms with van der Waals surface area (Å²) in [5.74, 6) is -0.311. The van der Waals surface area contributed by atoms with Crippen LogP contribution in [0.25, 0.3) is 6.08 Å². The van der Waals surface area contributed by atoms with Crippen molar-refractivity contribution in [1.29, 1.82) is 5.26 Å². The van der Waals surface area contributed by atoms with Gasteiger partial charge in [-0.3, -0.25) is 9.78 Å². The molecule has 3 aromatic rings. The molecule has 1 heterocycles. The van der Waals surface area contributed by atoms with Crippen LogP contribution in [0.4, 0.5) is 5.69 Å². The van der Waals surface area contributed by atoms with Crippen molar-refractivity contribution in [3.05, 3.63) is 95.3 Å². The lowest BCUT2D eigenvalue weighted by Crippen LogP contribution is -2.13. The Morgan fingerprint density at radius 1 is 1.03 bits per heavy atom. The third kappa shape index (κ3) is 6.28. The van der Waals surface area contributed by atoms with Crippen LogP contribution in [0.2, 0.25) is 0 Å². The minimum Gasteiger partial charge on any atom is -0.489 e. The summed E-state index contributed by atoms with van der Waals surface area (Å²) in [6.07, 6.45) is 4.90. The maximum absolute atomic E-state index is 12.5.